The Morgan fingerprint density at radius 2 is 1.71 bits per heavy atom. The first-order chi connectivity index (χ1) is 13.3. The number of aromatic nitrogens is 3. The summed E-state index contributed by atoms with van der Waals surface area (Å²) in [6.07, 6.45) is 1.44. The van der Waals surface area contributed by atoms with Gasteiger partial charge in [-0.25, -0.2) is 18.1 Å². The number of nitrogens with one attached hydrogen (secondary N) is 3. The lowest BCUT2D eigenvalue weighted by molar-refractivity contribution is 0.588. The van der Waals surface area contributed by atoms with Gasteiger partial charge >= 0.3 is 0 Å². The van der Waals surface area contributed by atoms with Crippen molar-refractivity contribution in [3.63, 3.8) is 0 Å². The van der Waals surface area contributed by atoms with Gasteiger partial charge in [0.25, 0.3) is 0 Å². The Balaban J connectivity index is 1.93. The van der Waals surface area contributed by atoms with E-state index in [0.29, 0.717) is 11.6 Å². The van der Waals surface area contributed by atoms with Gasteiger partial charge in [-0.2, -0.15) is 4.98 Å². The number of hydrogen-bond donors (Lipinski definition) is 3. The number of rotatable bonds is 6. The number of para-hydroxylation sites is 1. The number of hydrogen-bond acceptors (Lipinski definition) is 7. The van der Waals surface area contributed by atoms with Crippen molar-refractivity contribution in [3.05, 3.63) is 59.0 Å². The van der Waals surface area contributed by atoms with Crippen LogP contribution < -0.4 is 15.4 Å². The predicted octanol–water partition coefficient (Wildman–Crippen LogP) is 3.54. The summed E-state index contributed by atoms with van der Waals surface area (Å²) in [6, 6.07) is 10.2. The van der Waals surface area contributed by atoms with E-state index in [9.17, 15) is 8.42 Å². The molecule has 10 heteroatoms. The predicted molar refractivity (Wildman–Crippen MR) is 110 cm³/mol. The van der Waals surface area contributed by atoms with E-state index in [1.165, 1.54) is 19.3 Å². The zero-order valence-electron chi connectivity index (χ0n) is 15.5. The fourth-order valence-electron chi connectivity index (χ4n) is 2.50. The molecule has 0 aliphatic carbocycles. The second-order valence-electron chi connectivity index (χ2n) is 5.93. The van der Waals surface area contributed by atoms with Crippen LogP contribution in [0.4, 0.5) is 23.1 Å². The van der Waals surface area contributed by atoms with Gasteiger partial charge in [0.05, 0.1) is 23.3 Å². The smallest absolute Gasteiger partial charge is 0.242 e. The molecular weight excluding hydrogens is 400 g/mol. The SMILES string of the molecule is CNS(=O)(=O)c1ccccc1Nc1nc(Nc2ccc(C)nc2C)ncc1Cl. The number of benzene rings is 1. The number of nitrogens with zero attached hydrogens (tertiary/aromatic N) is 3. The minimum absolute atomic E-state index is 0.0836. The molecule has 0 saturated heterocycles. The quantitative estimate of drug-likeness (QED) is 0.561. The molecule has 146 valence electrons. The Morgan fingerprint density at radius 3 is 2.43 bits per heavy atom. The number of halogens is 1. The molecule has 0 unspecified atom stereocenters. The van der Waals surface area contributed by atoms with Gasteiger partial charge in [0.1, 0.15) is 9.92 Å². The van der Waals surface area contributed by atoms with Gasteiger partial charge < -0.3 is 10.6 Å². The molecule has 2 heterocycles. The van der Waals surface area contributed by atoms with E-state index >= 15 is 0 Å². The Labute approximate surface area is 168 Å². The summed E-state index contributed by atoms with van der Waals surface area (Å²) < 4.78 is 26.8. The van der Waals surface area contributed by atoms with Crippen LogP contribution in [0.15, 0.2) is 47.5 Å². The molecular formula is C18H19ClN6O2S. The lowest BCUT2D eigenvalue weighted by Crippen LogP contribution is -2.19. The normalized spacial score (nSPS) is 11.3. The highest BCUT2D eigenvalue weighted by Crippen LogP contribution is 2.28. The molecule has 0 radical (unpaired) electrons. The van der Waals surface area contributed by atoms with Crippen LogP contribution in [0, 0.1) is 13.8 Å². The zero-order valence-corrected chi connectivity index (χ0v) is 17.1. The van der Waals surface area contributed by atoms with Crippen molar-refractivity contribution in [1.82, 2.24) is 19.7 Å². The molecule has 2 aromatic heterocycles. The van der Waals surface area contributed by atoms with Crippen LogP contribution in [-0.2, 0) is 10.0 Å². The third-order valence-electron chi connectivity index (χ3n) is 3.91. The van der Waals surface area contributed by atoms with Crippen LogP contribution in [0.5, 0.6) is 0 Å². The maximum Gasteiger partial charge on any atom is 0.242 e. The molecule has 28 heavy (non-hydrogen) atoms. The van der Waals surface area contributed by atoms with Gasteiger partial charge in [-0.1, -0.05) is 23.7 Å². The van der Waals surface area contributed by atoms with Crippen LogP contribution in [0.2, 0.25) is 5.02 Å². The summed E-state index contributed by atoms with van der Waals surface area (Å²) in [6.45, 7) is 3.79. The second-order valence-corrected chi connectivity index (χ2v) is 8.19. The van der Waals surface area contributed by atoms with Gasteiger partial charge in [0.2, 0.25) is 16.0 Å². The van der Waals surface area contributed by atoms with Crippen LogP contribution in [0.1, 0.15) is 11.4 Å². The first kappa shape index (κ1) is 20.0. The van der Waals surface area contributed by atoms with Crippen LogP contribution in [-0.4, -0.2) is 30.4 Å². The van der Waals surface area contributed by atoms with Crippen molar-refractivity contribution < 1.29 is 8.42 Å². The fraction of sp³-hybridized carbons (Fsp3) is 0.167. The molecule has 0 fully saturated rings. The van der Waals surface area contributed by atoms with Gasteiger partial charge in [-0.15, -0.1) is 0 Å². The minimum atomic E-state index is -3.65. The Hall–Kier alpha value is -2.75. The van der Waals surface area contributed by atoms with E-state index in [1.807, 2.05) is 26.0 Å². The van der Waals surface area contributed by atoms with E-state index < -0.39 is 10.0 Å². The molecule has 3 rings (SSSR count). The van der Waals surface area contributed by atoms with Crippen LogP contribution >= 0.6 is 11.6 Å². The molecule has 0 aliphatic rings. The fourth-order valence-corrected chi connectivity index (χ4v) is 3.52. The average molecular weight is 419 g/mol. The zero-order chi connectivity index (χ0) is 20.3. The third kappa shape index (κ3) is 4.38. The molecule has 0 amide bonds. The highest BCUT2D eigenvalue weighted by Gasteiger charge is 2.17. The molecule has 0 saturated carbocycles. The molecule has 3 aromatic rings. The number of sulfonamides is 1. The van der Waals surface area contributed by atoms with Crippen LogP contribution in [0.25, 0.3) is 0 Å². The second kappa shape index (κ2) is 8.09. The maximum atomic E-state index is 12.2. The summed E-state index contributed by atoms with van der Waals surface area (Å²) in [5.74, 6) is 0.574. The van der Waals surface area contributed by atoms with Gasteiger partial charge in [-0.05, 0) is 45.2 Å². The van der Waals surface area contributed by atoms with Crippen molar-refractivity contribution in [2.45, 2.75) is 18.7 Å². The molecule has 1 aromatic carbocycles. The summed E-state index contributed by atoms with van der Waals surface area (Å²) in [7, 11) is -2.30. The number of aryl methyl sites for hydroxylation is 2. The Kier molecular flexibility index (Phi) is 5.78. The molecule has 0 spiro atoms. The lowest BCUT2D eigenvalue weighted by atomic mass is 10.3. The monoisotopic (exact) mass is 418 g/mol. The number of pyridine rings is 1. The Morgan fingerprint density at radius 1 is 0.964 bits per heavy atom. The molecule has 0 atom stereocenters. The summed E-state index contributed by atoms with van der Waals surface area (Å²) in [5.41, 5.74) is 2.82. The van der Waals surface area contributed by atoms with E-state index in [2.05, 4.69) is 30.3 Å². The van der Waals surface area contributed by atoms with Crippen molar-refractivity contribution >= 4 is 44.8 Å². The largest absolute Gasteiger partial charge is 0.338 e. The molecule has 8 nitrogen and oxygen atoms in total. The first-order valence-corrected chi connectivity index (χ1v) is 10.2. The van der Waals surface area contributed by atoms with Crippen molar-refractivity contribution in [2.75, 3.05) is 17.7 Å². The Bertz CT molecular complexity index is 1120. The third-order valence-corrected chi connectivity index (χ3v) is 5.66. The van der Waals surface area contributed by atoms with E-state index in [-0.39, 0.29) is 15.7 Å². The van der Waals surface area contributed by atoms with Crippen LogP contribution in [0.3, 0.4) is 0 Å². The van der Waals surface area contributed by atoms with Crippen molar-refractivity contribution in [1.29, 1.82) is 0 Å². The number of anilines is 4. The molecule has 3 N–H and O–H groups in total. The molecule has 0 aliphatic heterocycles. The van der Waals surface area contributed by atoms with E-state index in [0.717, 1.165) is 17.1 Å². The minimum Gasteiger partial charge on any atom is -0.338 e. The van der Waals surface area contributed by atoms with E-state index in [4.69, 9.17) is 11.6 Å². The van der Waals surface area contributed by atoms with Gasteiger partial charge in [0, 0.05) is 5.69 Å². The van der Waals surface area contributed by atoms with Gasteiger partial charge in [-0.3, -0.25) is 4.98 Å². The van der Waals surface area contributed by atoms with Crippen molar-refractivity contribution in [2.24, 2.45) is 0 Å². The lowest BCUT2D eigenvalue weighted by Gasteiger charge is -2.14. The van der Waals surface area contributed by atoms with E-state index in [1.54, 1.807) is 18.2 Å². The summed E-state index contributed by atoms with van der Waals surface area (Å²) in [5, 5.41) is 6.32. The standard InChI is InChI=1S/C18H19ClN6O2S/c1-11-8-9-14(12(2)22-11)24-18-21-10-13(19)17(25-18)23-15-6-4-5-7-16(15)28(26,27)20-3/h4-10,20H,1-3H3,(H2,21,23,24,25). The highest BCUT2D eigenvalue weighted by atomic mass is 35.5. The maximum absolute atomic E-state index is 12.2. The summed E-state index contributed by atoms with van der Waals surface area (Å²) in [4.78, 5) is 13.0. The van der Waals surface area contributed by atoms with Crippen molar-refractivity contribution in [3.8, 4) is 0 Å². The van der Waals surface area contributed by atoms with Gasteiger partial charge in [0.15, 0.2) is 5.82 Å². The average Bonchev–Trinajstić information content (AvgIpc) is 2.67. The first-order valence-electron chi connectivity index (χ1n) is 8.33. The summed E-state index contributed by atoms with van der Waals surface area (Å²) >= 11 is 6.21. The topological polar surface area (TPSA) is 109 Å². The highest BCUT2D eigenvalue weighted by molar-refractivity contribution is 7.89. The molecule has 0 bridgehead atoms.